The Labute approximate surface area is 147 Å². The maximum atomic E-state index is 12.7. The molecule has 0 N–H and O–H groups in total. The number of aliphatic imine (C=N–C) groups is 1. The topological polar surface area (TPSA) is 65.0 Å². The van der Waals surface area contributed by atoms with Crippen molar-refractivity contribution in [2.24, 2.45) is 10.9 Å². The molecule has 1 aromatic carbocycles. The molecule has 0 amide bonds. The van der Waals surface area contributed by atoms with Crippen LogP contribution in [0, 0.1) is 5.92 Å². The molecule has 1 aromatic rings. The number of ether oxygens (including phenoxy) is 2. The van der Waals surface area contributed by atoms with Gasteiger partial charge in [0.2, 0.25) is 0 Å². The van der Waals surface area contributed by atoms with E-state index in [1.807, 2.05) is 38.1 Å². The van der Waals surface area contributed by atoms with Crippen LogP contribution in [0.15, 0.2) is 40.5 Å². The summed E-state index contributed by atoms with van der Waals surface area (Å²) in [6.45, 7) is 4.32. The van der Waals surface area contributed by atoms with Crippen molar-refractivity contribution < 1.29 is 19.1 Å². The second-order valence-corrected chi connectivity index (χ2v) is 6.37. The van der Waals surface area contributed by atoms with E-state index >= 15 is 0 Å². The van der Waals surface area contributed by atoms with Crippen molar-refractivity contribution in [3.05, 3.63) is 41.1 Å². The smallest absolute Gasteiger partial charge is 0.315 e. The molecule has 2 atom stereocenters. The number of carbonyl (C=O) groups excluding carboxylic acids is 2. The highest BCUT2D eigenvalue weighted by Gasteiger charge is 2.42. The number of nitrogens with zero attached hydrogens (tertiary/aromatic N) is 1. The zero-order chi connectivity index (χ0) is 18.0. The lowest BCUT2D eigenvalue weighted by Crippen LogP contribution is -2.36. The third kappa shape index (κ3) is 3.23. The first-order chi connectivity index (χ1) is 12.1. The number of Topliss-reactive ketones (excluding diaryl/α,β-unsaturated/α-hetero) is 1. The molecule has 132 valence electrons. The predicted molar refractivity (Wildman–Crippen MR) is 94.9 cm³/mol. The molecular weight excluding hydrogens is 318 g/mol. The lowest BCUT2D eigenvalue weighted by atomic mass is 9.72. The van der Waals surface area contributed by atoms with E-state index in [1.54, 1.807) is 0 Å². The van der Waals surface area contributed by atoms with Crippen molar-refractivity contribution >= 4 is 17.5 Å². The molecule has 25 heavy (non-hydrogen) atoms. The fraction of sp³-hybridized carbons (Fsp3) is 0.450. The van der Waals surface area contributed by atoms with Crippen molar-refractivity contribution in [3.8, 4) is 5.75 Å². The molecule has 0 aromatic heterocycles. The fourth-order valence-corrected chi connectivity index (χ4v) is 3.76. The first kappa shape index (κ1) is 17.4. The molecule has 5 heteroatoms. The van der Waals surface area contributed by atoms with Crippen LogP contribution < -0.4 is 4.74 Å². The van der Waals surface area contributed by atoms with Gasteiger partial charge in [-0.2, -0.15) is 0 Å². The summed E-state index contributed by atoms with van der Waals surface area (Å²) in [5, 5.41) is 0. The largest absolute Gasteiger partial charge is 0.494 e. The Bertz CT molecular complexity index is 763. The Morgan fingerprint density at radius 3 is 2.84 bits per heavy atom. The summed E-state index contributed by atoms with van der Waals surface area (Å²) in [7, 11) is 1.37. The van der Waals surface area contributed by atoms with Gasteiger partial charge >= 0.3 is 5.97 Å². The van der Waals surface area contributed by atoms with Crippen molar-refractivity contribution in [1.82, 2.24) is 0 Å². The van der Waals surface area contributed by atoms with Crippen LogP contribution in [0.1, 0.15) is 44.6 Å². The molecule has 1 heterocycles. The molecule has 0 fully saturated rings. The van der Waals surface area contributed by atoms with Crippen LogP contribution in [-0.2, 0) is 14.3 Å². The van der Waals surface area contributed by atoms with Crippen LogP contribution in [-0.4, -0.2) is 31.2 Å². The van der Waals surface area contributed by atoms with Gasteiger partial charge in [0, 0.05) is 29.3 Å². The molecule has 3 rings (SSSR count). The number of ketones is 1. The second kappa shape index (κ2) is 7.21. The molecule has 2 aliphatic rings. The van der Waals surface area contributed by atoms with Crippen LogP contribution in [0.2, 0.25) is 0 Å². The number of carbonyl (C=O) groups is 2. The van der Waals surface area contributed by atoms with Gasteiger partial charge in [0.15, 0.2) is 5.78 Å². The van der Waals surface area contributed by atoms with Gasteiger partial charge in [-0.1, -0.05) is 12.1 Å². The minimum Gasteiger partial charge on any atom is -0.494 e. The number of esters is 1. The Kier molecular flexibility index (Phi) is 5.02. The zero-order valence-electron chi connectivity index (χ0n) is 14.9. The molecule has 0 unspecified atom stereocenters. The standard InChI is InChI=1S/C20H23NO4/c1-4-25-14-8-5-7-13(11-14)18-17(20(23)24-3)12(2)21-15-9-6-10-16(22)19(15)18/h5,7-8,11,17-18H,4,6,9-10H2,1-3H3/t17-,18-/m1/s1. The molecule has 0 saturated heterocycles. The fourth-order valence-electron chi connectivity index (χ4n) is 3.76. The summed E-state index contributed by atoms with van der Waals surface area (Å²) in [5.41, 5.74) is 3.08. The molecule has 0 saturated carbocycles. The van der Waals surface area contributed by atoms with E-state index < -0.39 is 5.92 Å². The first-order valence-electron chi connectivity index (χ1n) is 8.68. The highest BCUT2D eigenvalue weighted by atomic mass is 16.5. The van der Waals surface area contributed by atoms with Gasteiger partial charge < -0.3 is 9.47 Å². The number of methoxy groups -OCH3 is 1. The summed E-state index contributed by atoms with van der Waals surface area (Å²) < 4.78 is 10.6. The number of rotatable bonds is 4. The SMILES string of the molecule is CCOc1cccc([C@H]2C3=C(CCCC3=O)N=C(C)[C@H]2C(=O)OC)c1. The Morgan fingerprint density at radius 1 is 1.32 bits per heavy atom. The van der Waals surface area contributed by atoms with Crippen molar-refractivity contribution in [3.63, 3.8) is 0 Å². The van der Waals surface area contributed by atoms with E-state index in [2.05, 4.69) is 4.99 Å². The van der Waals surface area contributed by atoms with Gasteiger partial charge in [0.05, 0.1) is 13.7 Å². The molecule has 0 radical (unpaired) electrons. The van der Waals surface area contributed by atoms with E-state index in [4.69, 9.17) is 9.47 Å². The third-order valence-electron chi connectivity index (χ3n) is 4.82. The summed E-state index contributed by atoms with van der Waals surface area (Å²) >= 11 is 0. The van der Waals surface area contributed by atoms with E-state index in [1.165, 1.54) is 7.11 Å². The van der Waals surface area contributed by atoms with Gasteiger partial charge in [0.1, 0.15) is 11.7 Å². The second-order valence-electron chi connectivity index (χ2n) is 6.37. The Balaban J connectivity index is 2.14. The molecule has 1 aliphatic heterocycles. The van der Waals surface area contributed by atoms with E-state index in [9.17, 15) is 9.59 Å². The van der Waals surface area contributed by atoms with Gasteiger partial charge in [0.25, 0.3) is 0 Å². The van der Waals surface area contributed by atoms with Crippen molar-refractivity contribution in [2.45, 2.75) is 39.0 Å². The van der Waals surface area contributed by atoms with Crippen LogP contribution >= 0.6 is 0 Å². The van der Waals surface area contributed by atoms with Gasteiger partial charge in [-0.3, -0.25) is 14.6 Å². The normalized spacial score (nSPS) is 23.0. The summed E-state index contributed by atoms with van der Waals surface area (Å²) in [6, 6.07) is 7.62. The summed E-state index contributed by atoms with van der Waals surface area (Å²) in [6.07, 6.45) is 2.08. The van der Waals surface area contributed by atoms with Crippen LogP contribution in [0.5, 0.6) is 5.75 Å². The minimum atomic E-state index is -0.581. The number of hydrogen-bond acceptors (Lipinski definition) is 5. The van der Waals surface area contributed by atoms with Gasteiger partial charge in [-0.05, 0) is 44.4 Å². The van der Waals surface area contributed by atoms with Gasteiger partial charge in [-0.25, -0.2) is 0 Å². The first-order valence-corrected chi connectivity index (χ1v) is 8.68. The highest BCUT2D eigenvalue weighted by Crippen LogP contribution is 2.44. The Hall–Kier alpha value is -2.43. The van der Waals surface area contributed by atoms with Crippen LogP contribution in [0.25, 0.3) is 0 Å². The summed E-state index contributed by atoms with van der Waals surface area (Å²) in [4.78, 5) is 29.7. The zero-order valence-corrected chi connectivity index (χ0v) is 14.9. The molecular formula is C20H23NO4. The van der Waals surface area contributed by atoms with Crippen LogP contribution in [0.3, 0.4) is 0 Å². The maximum absolute atomic E-state index is 12.7. The van der Waals surface area contributed by atoms with Crippen molar-refractivity contribution in [1.29, 1.82) is 0 Å². The van der Waals surface area contributed by atoms with E-state index in [0.717, 1.165) is 29.9 Å². The van der Waals surface area contributed by atoms with Crippen LogP contribution in [0.4, 0.5) is 0 Å². The van der Waals surface area contributed by atoms with Crippen molar-refractivity contribution in [2.75, 3.05) is 13.7 Å². The van der Waals surface area contributed by atoms with E-state index in [-0.39, 0.29) is 17.7 Å². The maximum Gasteiger partial charge on any atom is 0.315 e. The molecule has 5 nitrogen and oxygen atoms in total. The number of benzene rings is 1. The van der Waals surface area contributed by atoms with Gasteiger partial charge in [-0.15, -0.1) is 0 Å². The minimum absolute atomic E-state index is 0.0817. The number of hydrogen-bond donors (Lipinski definition) is 0. The quantitative estimate of drug-likeness (QED) is 0.787. The molecule has 0 bridgehead atoms. The highest BCUT2D eigenvalue weighted by molar-refractivity contribution is 6.08. The third-order valence-corrected chi connectivity index (χ3v) is 4.82. The molecule has 1 aliphatic carbocycles. The monoisotopic (exact) mass is 341 g/mol. The average molecular weight is 341 g/mol. The summed E-state index contributed by atoms with van der Waals surface area (Å²) in [5.74, 6) is -0.499. The lowest BCUT2D eigenvalue weighted by molar-refractivity contribution is -0.143. The van der Waals surface area contributed by atoms with E-state index in [0.29, 0.717) is 24.3 Å². The predicted octanol–water partition coefficient (Wildman–Crippen LogP) is 3.44. The Morgan fingerprint density at radius 2 is 2.12 bits per heavy atom. The lowest BCUT2D eigenvalue weighted by Gasteiger charge is -2.34. The number of allylic oxidation sites excluding steroid dienone is 2. The molecule has 0 spiro atoms. The average Bonchev–Trinajstić information content (AvgIpc) is 2.60.